The Morgan fingerprint density at radius 3 is 2.74 bits per heavy atom. The Hall–Kier alpha value is -2.99. The number of hydrogen-bond donors (Lipinski definition) is 1. The van der Waals surface area contributed by atoms with Crippen molar-refractivity contribution in [1.29, 1.82) is 0 Å². The van der Waals surface area contributed by atoms with Crippen LogP contribution >= 0.6 is 11.3 Å². The number of carbonyl (C=O) groups is 1. The lowest BCUT2D eigenvalue weighted by Gasteiger charge is -2.08. The fourth-order valence-electron chi connectivity index (χ4n) is 2.43. The first-order chi connectivity index (χ1) is 13.1. The minimum Gasteiger partial charge on any atom is -0.488 e. The van der Waals surface area contributed by atoms with Gasteiger partial charge in [-0.05, 0) is 36.6 Å². The summed E-state index contributed by atoms with van der Waals surface area (Å²) >= 11 is 1.26. The minimum atomic E-state index is -1.01. The second-order valence-electron chi connectivity index (χ2n) is 5.73. The van der Waals surface area contributed by atoms with Crippen molar-refractivity contribution in [2.75, 3.05) is 5.32 Å². The number of carbonyl (C=O) groups excluding carboxylic acids is 1. The van der Waals surface area contributed by atoms with Gasteiger partial charge in [0.2, 0.25) is 0 Å². The van der Waals surface area contributed by atoms with Crippen LogP contribution in [0.3, 0.4) is 0 Å². The molecule has 0 atom stereocenters. The van der Waals surface area contributed by atoms with E-state index in [0.717, 1.165) is 29.0 Å². The highest BCUT2D eigenvalue weighted by Gasteiger charge is 2.12. The highest BCUT2D eigenvalue weighted by atomic mass is 32.1. The van der Waals surface area contributed by atoms with Gasteiger partial charge in [-0.1, -0.05) is 30.4 Å². The van der Waals surface area contributed by atoms with E-state index < -0.39 is 11.6 Å². The van der Waals surface area contributed by atoms with Gasteiger partial charge in [-0.15, -0.1) is 11.3 Å². The molecule has 3 rings (SSSR count). The summed E-state index contributed by atoms with van der Waals surface area (Å²) in [6.07, 6.45) is 3.90. The summed E-state index contributed by atoms with van der Waals surface area (Å²) in [5.41, 5.74) is 2.03. The molecule has 6 heteroatoms. The second kappa shape index (κ2) is 8.60. The van der Waals surface area contributed by atoms with Gasteiger partial charge >= 0.3 is 0 Å². The number of hydrogen-bond acceptors (Lipinski definition) is 3. The quantitative estimate of drug-likeness (QED) is 0.574. The minimum absolute atomic E-state index is 0.199. The Morgan fingerprint density at radius 2 is 1.96 bits per heavy atom. The summed E-state index contributed by atoms with van der Waals surface area (Å²) in [6, 6.07) is 12.6. The molecule has 0 aliphatic carbocycles. The number of rotatable bonds is 6. The maximum absolute atomic E-state index is 13.2. The Bertz CT molecular complexity index is 982. The molecule has 0 radical (unpaired) electrons. The van der Waals surface area contributed by atoms with Crippen molar-refractivity contribution in [3.8, 4) is 5.75 Å². The van der Waals surface area contributed by atoms with Crippen molar-refractivity contribution < 1.29 is 18.3 Å². The van der Waals surface area contributed by atoms with E-state index in [-0.39, 0.29) is 11.6 Å². The maximum atomic E-state index is 13.2. The van der Waals surface area contributed by atoms with Crippen molar-refractivity contribution in [2.24, 2.45) is 0 Å². The van der Waals surface area contributed by atoms with E-state index in [9.17, 15) is 13.6 Å². The molecule has 0 aliphatic heterocycles. The molecule has 2 aromatic carbocycles. The Labute approximate surface area is 159 Å². The third-order valence-electron chi connectivity index (χ3n) is 3.71. The van der Waals surface area contributed by atoms with Crippen LogP contribution in [0.1, 0.15) is 27.7 Å². The smallest absolute Gasteiger partial charge is 0.265 e. The molecule has 0 fully saturated rings. The number of ether oxygens (including phenoxy) is 1. The predicted molar refractivity (Wildman–Crippen MR) is 104 cm³/mol. The van der Waals surface area contributed by atoms with E-state index in [0.29, 0.717) is 11.5 Å². The SMILES string of the molecule is C/C=C/c1ccccc1OCc1csc(C(=O)Nc2ccc(F)c(F)c2)c1. The number of para-hydroxylation sites is 1. The Morgan fingerprint density at radius 1 is 1.15 bits per heavy atom. The fourth-order valence-corrected chi connectivity index (χ4v) is 3.22. The first-order valence-corrected chi connectivity index (χ1v) is 9.13. The number of allylic oxidation sites excluding steroid dienone is 1. The van der Waals surface area contributed by atoms with Crippen LogP contribution in [0.2, 0.25) is 0 Å². The summed E-state index contributed by atoms with van der Waals surface area (Å²) < 4.78 is 32.0. The summed E-state index contributed by atoms with van der Waals surface area (Å²) in [5.74, 6) is -1.59. The van der Waals surface area contributed by atoms with E-state index >= 15 is 0 Å². The number of nitrogens with one attached hydrogen (secondary N) is 1. The molecular weight excluding hydrogens is 368 g/mol. The monoisotopic (exact) mass is 385 g/mol. The largest absolute Gasteiger partial charge is 0.488 e. The van der Waals surface area contributed by atoms with Gasteiger partial charge in [0, 0.05) is 22.9 Å². The molecule has 0 saturated heterocycles. The molecular formula is C21H17F2NO2S. The van der Waals surface area contributed by atoms with Gasteiger partial charge in [0.15, 0.2) is 11.6 Å². The van der Waals surface area contributed by atoms with Crippen LogP contribution in [0.4, 0.5) is 14.5 Å². The lowest BCUT2D eigenvalue weighted by atomic mass is 10.2. The standard InChI is InChI=1S/C21H17F2NO2S/c1-2-5-15-6-3-4-7-19(15)26-12-14-10-20(27-13-14)21(25)24-16-8-9-17(22)18(23)11-16/h2-11,13H,12H2,1H3,(H,24,25)/b5-2+. The Kier molecular flexibility index (Phi) is 5.98. The normalized spacial score (nSPS) is 10.9. The molecule has 0 bridgehead atoms. The molecule has 1 aromatic heterocycles. The molecule has 0 saturated carbocycles. The van der Waals surface area contributed by atoms with Gasteiger partial charge in [0.25, 0.3) is 5.91 Å². The van der Waals surface area contributed by atoms with Crippen LogP contribution in [-0.4, -0.2) is 5.91 Å². The molecule has 1 amide bonds. The van der Waals surface area contributed by atoms with Crippen molar-refractivity contribution in [3.05, 3.63) is 87.6 Å². The first kappa shape index (κ1) is 18.8. The van der Waals surface area contributed by atoms with Gasteiger partial charge in [-0.2, -0.15) is 0 Å². The van der Waals surface area contributed by atoms with Crippen molar-refractivity contribution in [3.63, 3.8) is 0 Å². The molecule has 0 aliphatic rings. The summed E-state index contributed by atoms with van der Waals surface area (Å²) in [7, 11) is 0. The number of thiophene rings is 1. The summed E-state index contributed by atoms with van der Waals surface area (Å²) in [4.78, 5) is 12.7. The zero-order valence-electron chi connectivity index (χ0n) is 14.5. The zero-order valence-corrected chi connectivity index (χ0v) is 15.4. The topological polar surface area (TPSA) is 38.3 Å². The summed E-state index contributed by atoms with van der Waals surface area (Å²) in [6.45, 7) is 2.26. The number of benzene rings is 2. The molecule has 3 nitrogen and oxygen atoms in total. The van der Waals surface area contributed by atoms with E-state index in [4.69, 9.17) is 4.74 Å². The van der Waals surface area contributed by atoms with E-state index in [2.05, 4.69) is 5.32 Å². The summed E-state index contributed by atoms with van der Waals surface area (Å²) in [5, 5.41) is 4.39. The van der Waals surface area contributed by atoms with E-state index in [1.807, 2.05) is 48.7 Å². The van der Waals surface area contributed by atoms with Crippen LogP contribution in [0, 0.1) is 11.6 Å². The molecule has 0 spiro atoms. The van der Waals surface area contributed by atoms with E-state index in [1.165, 1.54) is 17.4 Å². The lowest BCUT2D eigenvalue weighted by molar-refractivity contribution is 0.103. The van der Waals surface area contributed by atoms with Gasteiger partial charge in [-0.25, -0.2) is 8.78 Å². The van der Waals surface area contributed by atoms with Crippen LogP contribution in [0.5, 0.6) is 5.75 Å². The third kappa shape index (κ3) is 4.80. The molecule has 138 valence electrons. The van der Waals surface area contributed by atoms with Crippen LogP contribution < -0.4 is 10.1 Å². The van der Waals surface area contributed by atoms with Gasteiger partial charge in [-0.3, -0.25) is 4.79 Å². The molecule has 3 aromatic rings. The molecule has 27 heavy (non-hydrogen) atoms. The number of halogens is 2. The van der Waals surface area contributed by atoms with Gasteiger partial charge < -0.3 is 10.1 Å². The average Bonchev–Trinajstić information content (AvgIpc) is 3.13. The highest BCUT2D eigenvalue weighted by Crippen LogP contribution is 2.23. The van der Waals surface area contributed by atoms with Crippen molar-refractivity contribution >= 4 is 29.0 Å². The molecule has 1 N–H and O–H groups in total. The first-order valence-electron chi connectivity index (χ1n) is 8.25. The predicted octanol–water partition coefficient (Wildman–Crippen LogP) is 5.89. The van der Waals surface area contributed by atoms with Crippen LogP contribution in [0.15, 0.2) is 60.0 Å². The third-order valence-corrected chi connectivity index (χ3v) is 4.69. The van der Waals surface area contributed by atoms with Crippen LogP contribution in [-0.2, 0) is 6.61 Å². The maximum Gasteiger partial charge on any atom is 0.265 e. The van der Waals surface area contributed by atoms with Gasteiger partial charge in [0.1, 0.15) is 12.4 Å². The van der Waals surface area contributed by atoms with Crippen LogP contribution in [0.25, 0.3) is 6.08 Å². The van der Waals surface area contributed by atoms with E-state index in [1.54, 1.807) is 6.07 Å². The molecule has 1 heterocycles. The Balaban J connectivity index is 1.64. The van der Waals surface area contributed by atoms with Gasteiger partial charge in [0.05, 0.1) is 4.88 Å². The van der Waals surface area contributed by atoms with Crippen molar-refractivity contribution in [1.82, 2.24) is 0 Å². The zero-order chi connectivity index (χ0) is 19.2. The average molecular weight is 385 g/mol. The van der Waals surface area contributed by atoms with Crippen molar-refractivity contribution in [2.45, 2.75) is 13.5 Å². The highest BCUT2D eigenvalue weighted by molar-refractivity contribution is 7.12. The second-order valence-corrected chi connectivity index (χ2v) is 6.64. The lowest BCUT2D eigenvalue weighted by Crippen LogP contribution is -2.10. The number of anilines is 1. The number of amides is 1. The fraction of sp³-hybridized carbons (Fsp3) is 0.0952. The molecule has 0 unspecified atom stereocenters.